The Hall–Kier alpha value is -0.610. The van der Waals surface area contributed by atoms with E-state index in [0.717, 1.165) is 19.4 Å². The number of rotatable bonds is 4. The van der Waals surface area contributed by atoms with Crippen molar-refractivity contribution in [1.29, 1.82) is 0 Å². The minimum absolute atomic E-state index is 0.0227. The summed E-state index contributed by atoms with van der Waals surface area (Å²) < 4.78 is 5.60. The Morgan fingerprint density at radius 1 is 1.44 bits per heavy atom. The van der Waals surface area contributed by atoms with E-state index < -0.39 is 0 Å². The third kappa shape index (κ3) is 4.94. The molecular formula is C12H24N2O2. The van der Waals surface area contributed by atoms with Gasteiger partial charge in [0.25, 0.3) is 0 Å². The van der Waals surface area contributed by atoms with Gasteiger partial charge in [-0.2, -0.15) is 0 Å². The van der Waals surface area contributed by atoms with Crippen molar-refractivity contribution < 1.29 is 9.53 Å². The number of nitrogens with one attached hydrogen (secondary N) is 2. The van der Waals surface area contributed by atoms with E-state index in [-0.39, 0.29) is 17.0 Å². The van der Waals surface area contributed by atoms with Gasteiger partial charge in [-0.3, -0.25) is 4.79 Å². The molecule has 16 heavy (non-hydrogen) atoms. The first-order chi connectivity index (χ1) is 7.31. The summed E-state index contributed by atoms with van der Waals surface area (Å²) in [6.07, 6.45) is 2.12. The van der Waals surface area contributed by atoms with Crippen molar-refractivity contribution in [1.82, 2.24) is 10.6 Å². The fourth-order valence-corrected chi connectivity index (χ4v) is 1.67. The number of amides is 1. The zero-order valence-electron chi connectivity index (χ0n) is 10.9. The van der Waals surface area contributed by atoms with Crippen molar-refractivity contribution in [3.63, 3.8) is 0 Å². The van der Waals surface area contributed by atoms with E-state index in [9.17, 15) is 4.79 Å². The van der Waals surface area contributed by atoms with Crippen molar-refractivity contribution in [3.05, 3.63) is 0 Å². The highest BCUT2D eigenvalue weighted by Gasteiger charge is 2.29. The summed E-state index contributed by atoms with van der Waals surface area (Å²) in [5, 5.41) is 6.07. The Morgan fingerprint density at radius 2 is 2.12 bits per heavy atom. The van der Waals surface area contributed by atoms with Crippen LogP contribution in [0.3, 0.4) is 0 Å². The second-order valence-electron chi connectivity index (χ2n) is 5.78. The molecule has 94 valence electrons. The average Bonchev–Trinajstić information content (AvgIpc) is 2.59. The summed E-state index contributed by atoms with van der Waals surface area (Å²) in [6.45, 7) is 9.96. The minimum Gasteiger partial charge on any atom is -0.373 e. The van der Waals surface area contributed by atoms with E-state index >= 15 is 0 Å². The average molecular weight is 228 g/mol. The van der Waals surface area contributed by atoms with Crippen LogP contribution in [-0.2, 0) is 9.53 Å². The predicted molar refractivity (Wildman–Crippen MR) is 64.4 cm³/mol. The Morgan fingerprint density at radius 3 is 2.62 bits per heavy atom. The normalized spacial score (nSPS) is 25.8. The fraction of sp³-hybridized carbons (Fsp3) is 0.917. The molecule has 0 bridgehead atoms. The lowest BCUT2D eigenvalue weighted by Gasteiger charge is -2.24. The zero-order valence-corrected chi connectivity index (χ0v) is 10.9. The smallest absolute Gasteiger partial charge is 0.234 e. The van der Waals surface area contributed by atoms with E-state index in [1.165, 1.54) is 0 Å². The fourth-order valence-electron chi connectivity index (χ4n) is 1.67. The molecule has 0 radical (unpaired) electrons. The van der Waals surface area contributed by atoms with Crippen LogP contribution >= 0.6 is 0 Å². The molecule has 1 aliphatic heterocycles. The van der Waals surface area contributed by atoms with Crippen LogP contribution in [0.1, 0.15) is 40.5 Å². The number of carbonyl (C=O) groups excluding carboxylic acids is 1. The first-order valence-corrected chi connectivity index (χ1v) is 5.96. The van der Waals surface area contributed by atoms with Crippen molar-refractivity contribution in [2.75, 3.05) is 19.7 Å². The molecule has 0 spiro atoms. The second-order valence-corrected chi connectivity index (χ2v) is 5.78. The molecule has 2 N–H and O–H groups in total. The van der Waals surface area contributed by atoms with E-state index in [1.54, 1.807) is 0 Å². The maximum Gasteiger partial charge on any atom is 0.234 e. The van der Waals surface area contributed by atoms with Gasteiger partial charge in [0.1, 0.15) is 0 Å². The van der Waals surface area contributed by atoms with Gasteiger partial charge in [-0.15, -0.1) is 0 Å². The SMILES string of the molecule is CC(C)(C)NCC(=O)NCC1(C)CCCO1. The second kappa shape index (κ2) is 5.15. The highest BCUT2D eigenvalue weighted by molar-refractivity contribution is 5.78. The van der Waals surface area contributed by atoms with Crippen molar-refractivity contribution >= 4 is 5.91 Å². The monoisotopic (exact) mass is 228 g/mol. The quantitative estimate of drug-likeness (QED) is 0.756. The Kier molecular flexibility index (Phi) is 4.33. The van der Waals surface area contributed by atoms with E-state index in [4.69, 9.17) is 4.74 Å². The van der Waals surface area contributed by atoms with Gasteiger partial charge in [0.05, 0.1) is 12.1 Å². The summed E-state index contributed by atoms with van der Waals surface area (Å²) in [6, 6.07) is 0. The Balaban J connectivity index is 2.20. The van der Waals surface area contributed by atoms with Gasteiger partial charge in [-0.05, 0) is 40.5 Å². The molecule has 0 aromatic carbocycles. The highest BCUT2D eigenvalue weighted by atomic mass is 16.5. The molecule has 0 aromatic rings. The maximum absolute atomic E-state index is 11.6. The molecule has 1 atom stereocenters. The van der Waals surface area contributed by atoms with Gasteiger partial charge in [0.15, 0.2) is 0 Å². The standard InChI is InChI=1S/C12H24N2O2/c1-11(2,3)14-8-10(15)13-9-12(4)6-5-7-16-12/h14H,5-9H2,1-4H3,(H,13,15). The molecule has 0 aliphatic carbocycles. The first-order valence-electron chi connectivity index (χ1n) is 5.96. The van der Waals surface area contributed by atoms with Gasteiger partial charge in [0, 0.05) is 18.7 Å². The molecule has 4 nitrogen and oxygen atoms in total. The van der Waals surface area contributed by atoms with Crippen LogP contribution < -0.4 is 10.6 Å². The number of carbonyl (C=O) groups is 1. The topological polar surface area (TPSA) is 50.4 Å². The Bertz CT molecular complexity index is 240. The Labute approximate surface area is 98.1 Å². The van der Waals surface area contributed by atoms with Crippen LogP contribution in [0.15, 0.2) is 0 Å². The molecule has 1 aliphatic rings. The number of ether oxygens (including phenoxy) is 1. The highest BCUT2D eigenvalue weighted by Crippen LogP contribution is 2.23. The number of hydrogen-bond donors (Lipinski definition) is 2. The van der Waals surface area contributed by atoms with Crippen LogP contribution in [0.4, 0.5) is 0 Å². The third-order valence-electron chi connectivity index (χ3n) is 2.74. The van der Waals surface area contributed by atoms with Gasteiger partial charge < -0.3 is 15.4 Å². The largest absolute Gasteiger partial charge is 0.373 e. The van der Waals surface area contributed by atoms with Crippen LogP contribution in [0.2, 0.25) is 0 Å². The molecular weight excluding hydrogens is 204 g/mol. The molecule has 1 rings (SSSR count). The molecule has 1 saturated heterocycles. The lowest BCUT2D eigenvalue weighted by atomic mass is 10.0. The lowest BCUT2D eigenvalue weighted by Crippen LogP contribution is -2.46. The summed E-state index contributed by atoms with van der Waals surface area (Å²) >= 11 is 0. The maximum atomic E-state index is 11.6. The van der Waals surface area contributed by atoms with Crippen molar-refractivity contribution in [3.8, 4) is 0 Å². The molecule has 1 fully saturated rings. The molecule has 0 saturated carbocycles. The molecule has 4 heteroatoms. The van der Waals surface area contributed by atoms with E-state index in [1.807, 2.05) is 20.8 Å². The van der Waals surface area contributed by atoms with Crippen LogP contribution in [-0.4, -0.2) is 36.7 Å². The van der Waals surface area contributed by atoms with Crippen LogP contribution in [0.5, 0.6) is 0 Å². The van der Waals surface area contributed by atoms with Crippen LogP contribution in [0.25, 0.3) is 0 Å². The zero-order chi connectivity index (χ0) is 12.2. The molecule has 1 heterocycles. The van der Waals surface area contributed by atoms with Gasteiger partial charge in [-0.1, -0.05) is 0 Å². The van der Waals surface area contributed by atoms with Crippen molar-refractivity contribution in [2.24, 2.45) is 0 Å². The summed E-state index contributed by atoms with van der Waals surface area (Å²) in [4.78, 5) is 11.6. The van der Waals surface area contributed by atoms with Gasteiger partial charge in [-0.25, -0.2) is 0 Å². The number of hydrogen-bond acceptors (Lipinski definition) is 3. The molecule has 1 amide bonds. The van der Waals surface area contributed by atoms with Crippen molar-refractivity contribution in [2.45, 2.75) is 51.7 Å². The minimum atomic E-state index is -0.155. The predicted octanol–water partition coefficient (Wildman–Crippen LogP) is 1.06. The summed E-state index contributed by atoms with van der Waals surface area (Å²) in [7, 11) is 0. The van der Waals surface area contributed by atoms with E-state index in [2.05, 4.69) is 17.6 Å². The summed E-state index contributed by atoms with van der Waals surface area (Å²) in [5.41, 5.74) is -0.178. The van der Waals surface area contributed by atoms with Gasteiger partial charge >= 0.3 is 0 Å². The lowest BCUT2D eigenvalue weighted by molar-refractivity contribution is -0.121. The van der Waals surface area contributed by atoms with E-state index in [0.29, 0.717) is 13.1 Å². The molecule has 1 unspecified atom stereocenters. The van der Waals surface area contributed by atoms with Gasteiger partial charge in [0.2, 0.25) is 5.91 Å². The molecule has 0 aromatic heterocycles. The third-order valence-corrected chi connectivity index (χ3v) is 2.74. The summed E-state index contributed by atoms with van der Waals surface area (Å²) in [5.74, 6) is 0.0339. The van der Waals surface area contributed by atoms with Crippen LogP contribution in [0, 0.1) is 0 Å². The first kappa shape index (κ1) is 13.5.